The first-order valence-electron chi connectivity index (χ1n) is 8.59. The minimum absolute atomic E-state index is 0.0639. The smallest absolute Gasteiger partial charge is 0.270 e. The van der Waals surface area contributed by atoms with Crippen molar-refractivity contribution in [2.24, 2.45) is 0 Å². The SMILES string of the molecule is Cc1ccc(C)c(NC(=O)c2ccnc(C(=O)NC3CCS(=O)(=O)C3)c2)c1. The number of carbonyl (C=O) groups is 2. The van der Waals surface area contributed by atoms with Crippen LogP contribution in [0.15, 0.2) is 36.5 Å². The van der Waals surface area contributed by atoms with Crippen LogP contribution in [0, 0.1) is 13.8 Å². The first kappa shape index (κ1) is 19.0. The highest BCUT2D eigenvalue weighted by Gasteiger charge is 2.29. The normalized spacial score (nSPS) is 18.1. The van der Waals surface area contributed by atoms with Gasteiger partial charge in [-0.3, -0.25) is 14.6 Å². The average molecular weight is 387 g/mol. The number of aromatic nitrogens is 1. The highest BCUT2D eigenvalue weighted by molar-refractivity contribution is 7.91. The van der Waals surface area contributed by atoms with Crippen molar-refractivity contribution in [3.8, 4) is 0 Å². The lowest BCUT2D eigenvalue weighted by Gasteiger charge is -2.12. The predicted molar refractivity (Wildman–Crippen MR) is 103 cm³/mol. The highest BCUT2D eigenvalue weighted by Crippen LogP contribution is 2.18. The molecule has 1 aromatic heterocycles. The Hall–Kier alpha value is -2.74. The second-order valence-corrected chi connectivity index (χ2v) is 9.00. The number of pyridine rings is 1. The van der Waals surface area contributed by atoms with Crippen molar-refractivity contribution in [3.63, 3.8) is 0 Å². The van der Waals surface area contributed by atoms with Crippen LogP contribution in [0.4, 0.5) is 5.69 Å². The molecule has 27 heavy (non-hydrogen) atoms. The van der Waals surface area contributed by atoms with Gasteiger partial charge >= 0.3 is 0 Å². The van der Waals surface area contributed by atoms with E-state index in [1.54, 1.807) is 0 Å². The number of sulfone groups is 1. The van der Waals surface area contributed by atoms with Crippen LogP contribution in [0.1, 0.15) is 38.4 Å². The number of hydrogen-bond donors (Lipinski definition) is 2. The molecule has 0 aliphatic carbocycles. The maximum absolute atomic E-state index is 12.5. The number of amides is 2. The molecule has 2 amide bonds. The zero-order chi connectivity index (χ0) is 19.6. The van der Waals surface area contributed by atoms with Gasteiger partial charge in [-0.1, -0.05) is 12.1 Å². The molecule has 142 valence electrons. The molecule has 2 aromatic rings. The van der Waals surface area contributed by atoms with Gasteiger partial charge in [0.1, 0.15) is 5.69 Å². The van der Waals surface area contributed by atoms with E-state index in [0.717, 1.165) is 11.1 Å². The Labute approximate surface area is 158 Å². The molecular weight excluding hydrogens is 366 g/mol. The standard InChI is InChI=1S/C19H21N3O4S/c1-12-3-4-13(2)16(9-12)22-18(23)14-5-7-20-17(10-14)19(24)21-15-6-8-27(25,26)11-15/h3-5,7,9-10,15H,6,8,11H2,1-2H3,(H,21,24)(H,22,23). The van der Waals surface area contributed by atoms with E-state index in [4.69, 9.17) is 0 Å². The van der Waals surface area contributed by atoms with Crippen molar-refractivity contribution < 1.29 is 18.0 Å². The minimum atomic E-state index is -3.09. The number of anilines is 1. The summed E-state index contributed by atoms with van der Waals surface area (Å²) in [6.07, 6.45) is 1.78. The summed E-state index contributed by atoms with van der Waals surface area (Å²) in [5.74, 6) is -0.822. The van der Waals surface area contributed by atoms with Crippen molar-refractivity contribution in [1.29, 1.82) is 0 Å². The van der Waals surface area contributed by atoms with Crippen LogP contribution in [0.2, 0.25) is 0 Å². The summed E-state index contributed by atoms with van der Waals surface area (Å²) in [5.41, 5.74) is 3.04. The second-order valence-electron chi connectivity index (χ2n) is 6.78. The van der Waals surface area contributed by atoms with Gasteiger partial charge in [0.05, 0.1) is 11.5 Å². The number of benzene rings is 1. The number of carbonyl (C=O) groups excluding carboxylic acids is 2. The lowest BCUT2D eigenvalue weighted by molar-refractivity contribution is 0.0936. The summed E-state index contributed by atoms with van der Waals surface area (Å²) < 4.78 is 23.0. The van der Waals surface area contributed by atoms with Crippen LogP contribution in [0.5, 0.6) is 0 Å². The molecule has 0 saturated carbocycles. The molecule has 7 nitrogen and oxygen atoms in total. The van der Waals surface area contributed by atoms with Gasteiger partial charge < -0.3 is 10.6 Å². The van der Waals surface area contributed by atoms with Gasteiger partial charge in [-0.2, -0.15) is 0 Å². The van der Waals surface area contributed by atoms with Crippen LogP contribution in [0.3, 0.4) is 0 Å². The second kappa shape index (κ2) is 7.48. The first-order valence-corrected chi connectivity index (χ1v) is 10.4. The maximum Gasteiger partial charge on any atom is 0.270 e. The van der Waals surface area contributed by atoms with Gasteiger partial charge in [0.2, 0.25) is 0 Å². The highest BCUT2D eigenvalue weighted by atomic mass is 32.2. The van der Waals surface area contributed by atoms with Crippen LogP contribution in [-0.4, -0.2) is 42.8 Å². The molecule has 1 atom stereocenters. The van der Waals surface area contributed by atoms with Crippen LogP contribution < -0.4 is 10.6 Å². The molecule has 1 aromatic carbocycles. The summed E-state index contributed by atoms with van der Waals surface area (Å²) in [7, 11) is -3.09. The van der Waals surface area contributed by atoms with E-state index in [9.17, 15) is 18.0 Å². The third-order valence-electron chi connectivity index (χ3n) is 4.46. The van der Waals surface area contributed by atoms with E-state index >= 15 is 0 Å². The molecule has 3 rings (SSSR count). The first-order chi connectivity index (χ1) is 12.7. The fraction of sp³-hybridized carbons (Fsp3) is 0.316. The third-order valence-corrected chi connectivity index (χ3v) is 6.23. The Morgan fingerprint density at radius 2 is 1.89 bits per heavy atom. The van der Waals surface area contributed by atoms with Crippen molar-refractivity contribution >= 4 is 27.3 Å². The molecule has 0 spiro atoms. The lowest BCUT2D eigenvalue weighted by Crippen LogP contribution is -2.36. The summed E-state index contributed by atoms with van der Waals surface area (Å²) in [6.45, 7) is 3.84. The largest absolute Gasteiger partial charge is 0.347 e. The van der Waals surface area contributed by atoms with Crippen LogP contribution >= 0.6 is 0 Å². The number of rotatable bonds is 4. The van der Waals surface area contributed by atoms with E-state index in [-0.39, 0.29) is 23.1 Å². The van der Waals surface area contributed by atoms with Gasteiger partial charge in [-0.05, 0) is 49.6 Å². The van der Waals surface area contributed by atoms with E-state index in [2.05, 4.69) is 15.6 Å². The molecule has 1 fully saturated rings. The monoisotopic (exact) mass is 387 g/mol. The Morgan fingerprint density at radius 1 is 1.11 bits per heavy atom. The Kier molecular flexibility index (Phi) is 5.27. The maximum atomic E-state index is 12.5. The lowest BCUT2D eigenvalue weighted by atomic mass is 10.1. The molecule has 0 bridgehead atoms. The molecule has 1 aliphatic rings. The number of nitrogens with one attached hydrogen (secondary N) is 2. The van der Waals surface area contributed by atoms with Crippen LogP contribution in [0.25, 0.3) is 0 Å². The summed E-state index contributed by atoms with van der Waals surface area (Å²) in [4.78, 5) is 28.9. The Balaban J connectivity index is 1.72. The summed E-state index contributed by atoms with van der Waals surface area (Å²) in [6, 6.07) is 8.27. The van der Waals surface area contributed by atoms with E-state index in [0.29, 0.717) is 17.7 Å². The molecule has 0 radical (unpaired) electrons. The van der Waals surface area contributed by atoms with Crippen LogP contribution in [-0.2, 0) is 9.84 Å². The van der Waals surface area contributed by atoms with Gasteiger partial charge in [-0.25, -0.2) is 8.42 Å². The number of hydrogen-bond acceptors (Lipinski definition) is 5. The minimum Gasteiger partial charge on any atom is -0.347 e. The van der Waals surface area contributed by atoms with Gasteiger partial charge in [0, 0.05) is 23.5 Å². The molecule has 2 N–H and O–H groups in total. The van der Waals surface area contributed by atoms with E-state index in [1.807, 2.05) is 32.0 Å². The number of aryl methyl sites for hydroxylation is 2. The van der Waals surface area contributed by atoms with Gasteiger partial charge in [0.25, 0.3) is 11.8 Å². The van der Waals surface area contributed by atoms with Crippen molar-refractivity contribution in [3.05, 3.63) is 58.9 Å². The zero-order valence-corrected chi connectivity index (χ0v) is 16.0. The fourth-order valence-electron chi connectivity index (χ4n) is 2.93. The van der Waals surface area contributed by atoms with E-state index < -0.39 is 21.8 Å². The molecule has 1 unspecified atom stereocenters. The Morgan fingerprint density at radius 3 is 2.59 bits per heavy atom. The van der Waals surface area contributed by atoms with E-state index in [1.165, 1.54) is 18.3 Å². The summed E-state index contributed by atoms with van der Waals surface area (Å²) >= 11 is 0. The van der Waals surface area contributed by atoms with Crippen molar-refractivity contribution in [2.45, 2.75) is 26.3 Å². The Bertz CT molecular complexity index is 1000. The molecule has 1 aliphatic heterocycles. The fourth-order valence-corrected chi connectivity index (χ4v) is 4.60. The molecular formula is C19H21N3O4S. The average Bonchev–Trinajstić information content (AvgIpc) is 2.96. The van der Waals surface area contributed by atoms with Gasteiger partial charge in [-0.15, -0.1) is 0 Å². The van der Waals surface area contributed by atoms with Crippen molar-refractivity contribution in [2.75, 3.05) is 16.8 Å². The number of nitrogens with zero attached hydrogens (tertiary/aromatic N) is 1. The molecule has 2 heterocycles. The summed E-state index contributed by atoms with van der Waals surface area (Å²) in [5, 5.41) is 5.51. The molecule has 8 heteroatoms. The third kappa shape index (κ3) is 4.71. The topological polar surface area (TPSA) is 105 Å². The van der Waals surface area contributed by atoms with Crippen molar-refractivity contribution in [1.82, 2.24) is 10.3 Å². The quantitative estimate of drug-likeness (QED) is 0.833. The van der Waals surface area contributed by atoms with Gasteiger partial charge in [0.15, 0.2) is 9.84 Å². The zero-order valence-electron chi connectivity index (χ0n) is 15.2. The predicted octanol–water partition coefficient (Wildman–Crippen LogP) is 1.87. The molecule has 1 saturated heterocycles.